The number of rotatable bonds is 30. The third kappa shape index (κ3) is 35.0. The lowest BCUT2D eigenvalue weighted by molar-refractivity contribution is 0.570. The van der Waals surface area contributed by atoms with Crippen LogP contribution in [0.15, 0.2) is 48.6 Å². The first-order valence-electron chi connectivity index (χ1n) is 16.8. The van der Waals surface area contributed by atoms with Gasteiger partial charge >= 0.3 is 0 Å². The molecule has 0 aliphatic carbocycles. The summed E-state index contributed by atoms with van der Waals surface area (Å²) in [6.07, 6.45) is 56.5. The summed E-state index contributed by atoms with van der Waals surface area (Å²) in [4.78, 5) is 0. The van der Waals surface area contributed by atoms with E-state index in [0.717, 1.165) is 12.8 Å². The van der Waals surface area contributed by atoms with E-state index >= 15 is 0 Å². The zero-order valence-electron chi connectivity index (χ0n) is 25.6. The van der Waals surface area contributed by atoms with Crippen molar-refractivity contribution in [2.24, 2.45) is 0 Å². The summed E-state index contributed by atoms with van der Waals surface area (Å²) in [6.45, 7) is 4.54. The van der Waals surface area contributed by atoms with Gasteiger partial charge in [0.1, 0.15) is 0 Å². The smallest absolute Gasteiger partial charge is 0.0169 e. The zero-order valence-corrected chi connectivity index (χ0v) is 25.6. The Kier molecular flexibility index (Phi) is 34.0. The Hall–Kier alpha value is -1.04. The first-order valence-corrected chi connectivity index (χ1v) is 16.8. The van der Waals surface area contributed by atoms with Crippen molar-refractivity contribution in [3.8, 4) is 0 Å². The average Bonchev–Trinajstić information content (AvgIpc) is 2.91. The Balaban J connectivity index is 3.16. The Labute approximate surface area is 235 Å². The van der Waals surface area contributed by atoms with Crippen molar-refractivity contribution in [2.75, 3.05) is 0 Å². The van der Waals surface area contributed by atoms with Gasteiger partial charge in [0.05, 0.1) is 0 Å². The summed E-state index contributed by atoms with van der Waals surface area (Å²) in [5.41, 5.74) is 0. The molecule has 215 valence electrons. The fraction of sp³-hybridized carbons (Fsp3) is 0.757. The maximum atomic E-state index is 2.56. The van der Waals surface area contributed by atoms with E-state index in [1.54, 1.807) is 0 Å². The standard InChI is InChI=1S/C37H67/c1-3-5-7-9-11-13-15-17-19-21-23-25-27-29-31-33-35-37-36-34-32-30-28-26-24-22-20-18-16-14-12-10-8-6-4-2/h11-14,17-20,35H,3-10,15-16,21-34,36-37H2,1-2H3/b13-11-,14-12-,19-17-,20-18-. The summed E-state index contributed by atoms with van der Waals surface area (Å²) < 4.78 is 0. The highest BCUT2D eigenvalue weighted by molar-refractivity contribution is 4.93. The van der Waals surface area contributed by atoms with E-state index in [-0.39, 0.29) is 0 Å². The van der Waals surface area contributed by atoms with E-state index in [2.05, 4.69) is 68.9 Å². The molecule has 0 atom stereocenters. The molecule has 0 heterocycles. The van der Waals surface area contributed by atoms with Crippen LogP contribution in [-0.2, 0) is 0 Å². The van der Waals surface area contributed by atoms with Gasteiger partial charge < -0.3 is 0 Å². The summed E-state index contributed by atoms with van der Waals surface area (Å²) in [5, 5.41) is 0. The predicted molar refractivity (Wildman–Crippen MR) is 172 cm³/mol. The normalized spacial score (nSPS) is 12.4. The largest absolute Gasteiger partial charge is 0.0882 e. The quantitative estimate of drug-likeness (QED) is 0.0664. The Morgan fingerprint density at radius 3 is 0.865 bits per heavy atom. The molecule has 0 aromatic heterocycles. The first-order chi connectivity index (χ1) is 18.4. The molecule has 0 aliphatic heterocycles. The third-order valence-electron chi connectivity index (χ3n) is 7.22. The SMILES string of the molecule is CCCCC/C=C\C/C=C\CCCCCCC[CH]CCCCCCCCC/C=C\C/C=C\CCCCC. The van der Waals surface area contributed by atoms with Gasteiger partial charge in [-0.25, -0.2) is 0 Å². The number of hydrogen-bond acceptors (Lipinski definition) is 0. The van der Waals surface area contributed by atoms with Gasteiger partial charge in [-0.3, -0.25) is 0 Å². The molecule has 0 bridgehead atoms. The molecule has 1 radical (unpaired) electrons. The van der Waals surface area contributed by atoms with Crippen molar-refractivity contribution in [1.29, 1.82) is 0 Å². The lowest BCUT2D eigenvalue weighted by Gasteiger charge is -2.03. The van der Waals surface area contributed by atoms with Gasteiger partial charge in [-0.05, 0) is 70.6 Å². The van der Waals surface area contributed by atoms with Crippen LogP contribution in [0.25, 0.3) is 0 Å². The van der Waals surface area contributed by atoms with E-state index in [1.165, 1.54) is 154 Å². The van der Waals surface area contributed by atoms with Gasteiger partial charge in [0.25, 0.3) is 0 Å². The van der Waals surface area contributed by atoms with Crippen LogP contribution in [0.2, 0.25) is 0 Å². The first kappa shape index (κ1) is 36.0. The van der Waals surface area contributed by atoms with Gasteiger partial charge in [-0.15, -0.1) is 0 Å². The van der Waals surface area contributed by atoms with Crippen molar-refractivity contribution in [2.45, 2.75) is 181 Å². The monoisotopic (exact) mass is 512 g/mol. The second-order valence-electron chi connectivity index (χ2n) is 11.0. The molecule has 0 spiro atoms. The van der Waals surface area contributed by atoms with E-state index in [4.69, 9.17) is 0 Å². The molecule has 0 N–H and O–H groups in total. The number of hydrogen-bond donors (Lipinski definition) is 0. The van der Waals surface area contributed by atoms with Gasteiger partial charge in [0.2, 0.25) is 0 Å². The van der Waals surface area contributed by atoms with Gasteiger partial charge in [0, 0.05) is 0 Å². The highest BCUT2D eigenvalue weighted by atomic mass is 14.0. The minimum absolute atomic E-state index is 1.12. The maximum absolute atomic E-state index is 2.56. The molecule has 0 aromatic rings. The lowest BCUT2D eigenvalue weighted by atomic mass is 10.0. The summed E-state index contributed by atoms with van der Waals surface area (Å²) in [7, 11) is 0. The van der Waals surface area contributed by atoms with Gasteiger partial charge in [-0.1, -0.05) is 165 Å². The van der Waals surface area contributed by atoms with Gasteiger partial charge in [-0.2, -0.15) is 0 Å². The van der Waals surface area contributed by atoms with Crippen LogP contribution in [0.1, 0.15) is 181 Å². The molecule has 0 saturated heterocycles. The molecule has 0 unspecified atom stereocenters. The molecule has 37 heavy (non-hydrogen) atoms. The Morgan fingerprint density at radius 2 is 0.541 bits per heavy atom. The van der Waals surface area contributed by atoms with Crippen LogP contribution in [0, 0.1) is 6.42 Å². The average molecular weight is 512 g/mol. The molecular weight excluding hydrogens is 444 g/mol. The van der Waals surface area contributed by atoms with Crippen LogP contribution >= 0.6 is 0 Å². The molecule has 0 amide bonds. The fourth-order valence-corrected chi connectivity index (χ4v) is 4.70. The van der Waals surface area contributed by atoms with Crippen LogP contribution in [0.4, 0.5) is 0 Å². The Morgan fingerprint density at radius 1 is 0.270 bits per heavy atom. The number of unbranched alkanes of at least 4 members (excludes halogenated alkanes) is 22. The molecule has 0 nitrogen and oxygen atoms in total. The molecule has 0 rings (SSSR count). The lowest BCUT2D eigenvalue weighted by Crippen LogP contribution is -1.84. The summed E-state index contributed by atoms with van der Waals surface area (Å²) in [6, 6.07) is 0. The van der Waals surface area contributed by atoms with E-state index in [0.29, 0.717) is 0 Å². The molecule has 0 aromatic carbocycles. The topological polar surface area (TPSA) is 0 Å². The molecule has 0 saturated carbocycles. The third-order valence-corrected chi connectivity index (χ3v) is 7.22. The molecule has 0 fully saturated rings. The van der Waals surface area contributed by atoms with Crippen molar-refractivity contribution >= 4 is 0 Å². The van der Waals surface area contributed by atoms with Crippen molar-refractivity contribution in [3.63, 3.8) is 0 Å². The van der Waals surface area contributed by atoms with Crippen LogP contribution in [-0.4, -0.2) is 0 Å². The molecular formula is C37H67. The van der Waals surface area contributed by atoms with E-state index in [9.17, 15) is 0 Å². The van der Waals surface area contributed by atoms with Crippen LogP contribution in [0.3, 0.4) is 0 Å². The zero-order chi connectivity index (χ0) is 26.7. The van der Waals surface area contributed by atoms with Crippen LogP contribution < -0.4 is 0 Å². The highest BCUT2D eigenvalue weighted by Crippen LogP contribution is 2.14. The minimum Gasteiger partial charge on any atom is -0.0882 e. The van der Waals surface area contributed by atoms with Crippen LogP contribution in [0.5, 0.6) is 0 Å². The highest BCUT2D eigenvalue weighted by Gasteiger charge is 1.95. The fourth-order valence-electron chi connectivity index (χ4n) is 4.70. The van der Waals surface area contributed by atoms with Crippen molar-refractivity contribution in [1.82, 2.24) is 0 Å². The Bertz CT molecular complexity index is 460. The second kappa shape index (κ2) is 35.0. The maximum Gasteiger partial charge on any atom is -0.0169 e. The van der Waals surface area contributed by atoms with Crippen molar-refractivity contribution < 1.29 is 0 Å². The van der Waals surface area contributed by atoms with Crippen molar-refractivity contribution in [3.05, 3.63) is 55.0 Å². The molecule has 0 heteroatoms. The predicted octanol–water partition coefficient (Wildman–Crippen LogP) is 13.6. The van der Waals surface area contributed by atoms with E-state index < -0.39 is 0 Å². The van der Waals surface area contributed by atoms with Gasteiger partial charge in [0.15, 0.2) is 0 Å². The summed E-state index contributed by atoms with van der Waals surface area (Å²) >= 11 is 0. The minimum atomic E-state index is 1.12. The van der Waals surface area contributed by atoms with E-state index in [1.807, 2.05) is 0 Å². The number of allylic oxidation sites excluding steroid dienone is 8. The second-order valence-corrected chi connectivity index (χ2v) is 11.0. The summed E-state index contributed by atoms with van der Waals surface area (Å²) in [5.74, 6) is 0. The molecule has 0 aliphatic rings.